The summed E-state index contributed by atoms with van der Waals surface area (Å²) >= 11 is 0. The van der Waals surface area contributed by atoms with Gasteiger partial charge in [-0.3, -0.25) is 15.1 Å². The van der Waals surface area contributed by atoms with Crippen molar-refractivity contribution in [2.45, 2.75) is 32.7 Å². The summed E-state index contributed by atoms with van der Waals surface area (Å²) in [6.07, 6.45) is 5.15. The van der Waals surface area contributed by atoms with Crippen molar-refractivity contribution in [3.8, 4) is 0 Å². The summed E-state index contributed by atoms with van der Waals surface area (Å²) < 4.78 is 0. The highest BCUT2D eigenvalue weighted by Gasteiger charge is 2.16. The van der Waals surface area contributed by atoms with Crippen LogP contribution < -0.4 is 5.32 Å². The predicted octanol–water partition coefficient (Wildman–Crippen LogP) is 3.07. The SMILES string of the molecule is CCNC(CC)Cc1ccc([N+](=O)[O-])c2cnccc12. The Balaban J connectivity index is 2.45. The highest BCUT2D eigenvalue weighted by atomic mass is 16.6. The van der Waals surface area contributed by atoms with Crippen molar-refractivity contribution >= 4 is 16.5 Å². The fraction of sp³-hybridized carbons (Fsp3) is 0.400. The zero-order chi connectivity index (χ0) is 14.5. The normalized spacial score (nSPS) is 12.5. The minimum absolute atomic E-state index is 0.119. The van der Waals surface area contributed by atoms with Crippen LogP contribution in [0.25, 0.3) is 10.8 Å². The number of benzene rings is 1. The lowest BCUT2D eigenvalue weighted by Crippen LogP contribution is -2.30. The van der Waals surface area contributed by atoms with Crippen LogP contribution in [0.5, 0.6) is 0 Å². The van der Waals surface area contributed by atoms with E-state index < -0.39 is 0 Å². The van der Waals surface area contributed by atoms with Gasteiger partial charge in [-0.1, -0.05) is 19.9 Å². The van der Waals surface area contributed by atoms with Crippen LogP contribution in [0.2, 0.25) is 0 Å². The van der Waals surface area contributed by atoms with E-state index in [0.717, 1.165) is 30.3 Å². The lowest BCUT2D eigenvalue weighted by atomic mass is 9.98. The Kier molecular flexibility index (Phi) is 4.63. The Morgan fingerprint density at radius 3 is 2.75 bits per heavy atom. The number of fused-ring (bicyclic) bond motifs is 1. The first-order valence-corrected chi connectivity index (χ1v) is 6.90. The summed E-state index contributed by atoms with van der Waals surface area (Å²) in [5.74, 6) is 0. The molecule has 0 aliphatic carbocycles. The second-order valence-corrected chi connectivity index (χ2v) is 4.79. The third-order valence-corrected chi connectivity index (χ3v) is 3.53. The number of nitrogens with zero attached hydrogens (tertiary/aromatic N) is 2. The molecule has 106 valence electrons. The van der Waals surface area contributed by atoms with Gasteiger partial charge in [0.05, 0.1) is 10.3 Å². The first-order chi connectivity index (χ1) is 9.67. The van der Waals surface area contributed by atoms with Gasteiger partial charge in [-0.2, -0.15) is 0 Å². The van der Waals surface area contributed by atoms with Crippen LogP contribution in [0.15, 0.2) is 30.6 Å². The topological polar surface area (TPSA) is 68.1 Å². The molecule has 1 aromatic heterocycles. The maximum Gasteiger partial charge on any atom is 0.278 e. The maximum atomic E-state index is 11.1. The molecular weight excluding hydrogens is 254 g/mol. The van der Waals surface area contributed by atoms with E-state index in [1.54, 1.807) is 18.5 Å². The van der Waals surface area contributed by atoms with Crippen LogP contribution in [0.3, 0.4) is 0 Å². The molecule has 2 rings (SSSR count). The first-order valence-electron chi connectivity index (χ1n) is 6.90. The second kappa shape index (κ2) is 6.43. The second-order valence-electron chi connectivity index (χ2n) is 4.79. The van der Waals surface area contributed by atoms with Crippen LogP contribution in [0, 0.1) is 10.1 Å². The summed E-state index contributed by atoms with van der Waals surface area (Å²) in [5.41, 5.74) is 1.24. The van der Waals surface area contributed by atoms with Gasteiger partial charge in [0.25, 0.3) is 5.69 Å². The molecule has 0 saturated heterocycles. The van der Waals surface area contributed by atoms with E-state index in [0.29, 0.717) is 11.4 Å². The molecule has 0 bridgehead atoms. The lowest BCUT2D eigenvalue weighted by Gasteiger charge is -2.17. The number of hydrogen-bond acceptors (Lipinski definition) is 4. The first kappa shape index (κ1) is 14.4. The van der Waals surface area contributed by atoms with Crippen molar-refractivity contribution in [1.29, 1.82) is 0 Å². The van der Waals surface area contributed by atoms with Crippen LogP contribution in [0.4, 0.5) is 5.69 Å². The van der Waals surface area contributed by atoms with Crippen molar-refractivity contribution in [3.05, 3.63) is 46.3 Å². The molecule has 1 aromatic carbocycles. The van der Waals surface area contributed by atoms with Gasteiger partial charge in [0.1, 0.15) is 0 Å². The van der Waals surface area contributed by atoms with E-state index in [-0.39, 0.29) is 10.6 Å². The quantitative estimate of drug-likeness (QED) is 0.648. The van der Waals surface area contributed by atoms with Gasteiger partial charge in [0, 0.05) is 24.5 Å². The summed E-state index contributed by atoms with van der Waals surface area (Å²) in [7, 11) is 0. The van der Waals surface area contributed by atoms with Crippen molar-refractivity contribution in [2.75, 3.05) is 6.54 Å². The van der Waals surface area contributed by atoms with Gasteiger partial charge in [-0.05, 0) is 36.4 Å². The molecule has 20 heavy (non-hydrogen) atoms. The fourth-order valence-corrected chi connectivity index (χ4v) is 2.49. The third-order valence-electron chi connectivity index (χ3n) is 3.53. The van der Waals surface area contributed by atoms with Crippen LogP contribution >= 0.6 is 0 Å². The molecule has 5 heteroatoms. The number of non-ortho nitro benzene ring substituents is 1. The number of hydrogen-bond donors (Lipinski definition) is 1. The number of nitro benzene ring substituents is 1. The molecule has 2 aromatic rings. The van der Waals surface area contributed by atoms with Crippen molar-refractivity contribution in [1.82, 2.24) is 10.3 Å². The van der Waals surface area contributed by atoms with Gasteiger partial charge in [0.2, 0.25) is 0 Å². The minimum Gasteiger partial charge on any atom is -0.314 e. The highest BCUT2D eigenvalue weighted by Crippen LogP contribution is 2.28. The fourth-order valence-electron chi connectivity index (χ4n) is 2.49. The molecule has 0 fully saturated rings. The smallest absolute Gasteiger partial charge is 0.278 e. The Morgan fingerprint density at radius 2 is 2.10 bits per heavy atom. The summed E-state index contributed by atoms with van der Waals surface area (Å²) in [6.45, 7) is 5.15. The monoisotopic (exact) mass is 273 g/mol. The number of rotatable bonds is 6. The lowest BCUT2D eigenvalue weighted by molar-refractivity contribution is -0.383. The summed E-state index contributed by atoms with van der Waals surface area (Å²) in [5, 5.41) is 16.0. The van der Waals surface area contributed by atoms with Crippen molar-refractivity contribution in [3.63, 3.8) is 0 Å². The van der Waals surface area contributed by atoms with Gasteiger partial charge in [-0.25, -0.2) is 0 Å². The van der Waals surface area contributed by atoms with E-state index in [2.05, 4.69) is 24.1 Å². The molecule has 0 spiro atoms. The highest BCUT2D eigenvalue weighted by molar-refractivity contribution is 5.92. The number of likely N-dealkylation sites (N-methyl/N-ethyl adjacent to an activating group) is 1. The summed E-state index contributed by atoms with van der Waals surface area (Å²) in [4.78, 5) is 14.7. The van der Waals surface area contributed by atoms with Crippen LogP contribution in [-0.4, -0.2) is 22.5 Å². The Hall–Kier alpha value is -2.01. The van der Waals surface area contributed by atoms with E-state index in [4.69, 9.17) is 0 Å². The van der Waals surface area contributed by atoms with E-state index in [9.17, 15) is 10.1 Å². The third kappa shape index (κ3) is 2.93. The molecule has 1 atom stereocenters. The molecule has 0 radical (unpaired) electrons. The van der Waals surface area contributed by atoms with Crippen molar-refractivity contribution < 1.29 is 4.92 Å². The van der Waals surface area contributed by atoms with Crippen LogP contribution in [0.1, 0.15) is 25.8 Å². The van der Waals surface area contributed by atoms with E-state index in [1.165, 1.54) is 0 Å². The zero-order valence-corrected chi connectivity index (χ0v) is 11.8. The van der Waals surface area contributed by atoms with E-state index in [1.807, 2.05) is 12.1 Å². The largest absolute Gasteiger partial charge is 0.314 e. The number of aromatic nitrogens is 1. The molecule has 5 nitrogen and oxygen atoms in total. The Bertz CT molecular complexity index is 613. The molecule has 0 saturated carbocycles. The minimum atomic E-state index is -0.352. The van der Waals surface area contributed by atoms with Crippen LogP contribution in [-0.2, 0) is 6.42 Å². The molecule has 0 amide bonds. The summed E-state index contributed by atoms with van der Waals surface area (Å²) in [6, 6.07) is 5.69. The maximum absolute atomic E-state index is 11.1. The Morgan fingerprint density at radius 1 is 1.30 bits per heavy atom. The van der Waals surface area contributed by atoms with Gasteiger partial charge < -0.3 is 5.32 Å². The molecule has 0 aliphatic heterocycles. The Labute approximate surface area is 118 Å². The molecule has 1 heterocycles. The van der Waals surface area contributed by atoms with Gasteiger partial charge in [0.15, 0.2) is 0 Å². The van der Waals surface area contributed by atoms with E-state index >= 15 is 0 Å². The zero-order valence-electron chi connectivity index (χ0n) is 11.8. The number of pyridine rings is 1. The molecular formula is C15H19N3O2. The standard InChI is InChI=1S/C15H19N3O2/c1-3-12(17-4-2)9-11-5-6-15(18(19)20)14-10-16-8-7-13(11)14/h5-8,10,12,17H,3-4,9H2,1-2H3. The molecule has 1 N–H and O–H groups in total. The number of nitrogens with one attached hydrogen (secondary N) is 1. The predicted molar refractivity (Wildman–Crippen MR) is 79.9 cm³/mol. The molecule has 1 unspecified atom stereocenters. The molecule has 0 aliphatic rings. The van der Waals surface area contributed by atoms with Gasteiger partial charge >= 0.3 is 0 Å². The average Bonchev–Trinajstić information content (AvgIpc) is 2.46. The van der Waals surface area contributed by atoms with Crippen molar-refractivity contribution in [2.24, 2.45) is 0 Å². The van der Waals surface area contributed by atoms with Gasteiger partial charge in [-0.15, -0.1) is 0 Å². The average molecular weight is 273 g/mol. The number of nitro groups is 1.